The summed E-state index contributed by atoms with van der Waals surface area (Å²) in [6, 6.07) is 15.7. The summed E-state index contributed by atoms with van der Waals surface area (Å²) >= 11 is 6.09. The minimum Gasteiger partial charge on any atom is -0.496 e. The molecule has 1 saturated carbocycles. The first-order valence-electron chi connectivity index (χ1n) is 9.83. The highest BCUT2D eigenvalue weighted by Gasteiger charge is 2.27. The van der Waals surface area contributed by atoms with Crippen LogP contribution in [0.1, 0.15) is 52.2 Å². The van der Waals surface area contributed by atoms with Gasteiger partial charge in [-0.25, -0.2) is 4.98 Å². The second-order valence-corrected chi connectivity index (χ2v) is 7.82. The number of methoxy groups -OCH3 is 1. The van der Waals surface area contributed by atoms with Crippen LogP contribution in [0.2, 0.25) is 5.02 Å². The zero-order valence-corrected chi connectivity index (χ0v) is 17.3. The molecule has 6 nitrogen and oxygen atoms in total. The summed E-state index contributed by atoms with van der Waals surface area (Å²) < 4.78 is 5.31. The number of rotatable bonds is 7. The van der Waals surface area contributed by atoms with Crippen LogP contribution in [-0.2, 0) is 6.42 Å². The molecule has 1 amide bonds. The van der Waals surface area contributed by atoms with Gasteiger partial charge in [0.1, 0.15) is 11.6 Å². The lowest BCUT2D eigenvalue weighted by atomic mass is 10.0. The third kappa shape index (κ3) is 4.71. The number of carbonyl (C=O) groups excluding carboxylic acids is 1. The summed E-state index contributed by atoms with van der Waals surface area (Å²) in [4.78, 5) is 32.6. The van der Waals surface area contributed by atoms with Gasteiger partial charge in [-0.15, -0.1) is 0 Å². The second-order valence-electron chi connectivity index (χ2n) is 7.38. The van der Waals surface area contributed by atoms with Gasteiger partial charge in [-0.05, 0) is 36.6 Å². The third-order valence-electron chi connectivity index (χ3n) is 5.10. The maximum atomic E-state index is 13.1. The van der Waals surface area contributed by atoms with E-state index in [4.69, 9.17) is 16.3 Å². The lowest BCUT2D eigenvalue weighted by Gasteiger charge is -2.20. The zero-order chi connectivity index (χ0) is 21.1. The van der Waals surface area contributed by atoms with Crippen LogP contribution in [0, 0.1) is 0 Å². The van der Waals surface area contributed by atoms with E-state index in [1.165, 1.54) is 13.2 Å². The quantitative estimate of drug-likeness (QED) is 0.601. The fourth-order valence-corrected chi connectivity index (χ4v) is 3.60. The molecule has 1 heterocycles. The molecular weight excluding hydrogens is 402 g/mol. The molecule has 0 radical (unpaired) electrons. The summed E-state index contributed by atoms with van der Waals surface area (Å²) in [5.41, 5.74) is 1.75. The average molecular weight is 424 g/mol. The van der Waals surface area contributed by atoms with Crippen molar-refractivity contribution in [1.82, 2.24) is 15.3 Å². The van der Waals surface area contributed by atoms with Crippen molar-refractivity contribution in [2.75, 3.05) is 7.11 Å². The van der Waals surface area contributed by atoms with Gasteiger partial charge in [-0.1, -0.05) is 41.9 Å². The van der Waals surface area contributed by atoms with Crippen LogP contribution >= 0.6 is 11.6 Å². The molecule has 2 N–H and O–H groups in total. The molecule has 0 saturated heterocycles. The van der Waals surface area contributed by atoms with E-state index in [9.17, 15) is 9.59 Å². The van der Waals surface area contributed by atoms with E-state index in [0.29, 0.717) is 34.4 Å². The SMILES string of the molecule is COc1ccc(Cl)cc1C(=O)N[C@H](Cc1cc(=O)[nH]c(C2CC2)n1)c1ccccc1. The van der Waals surface area contributed by atoms with Gasteiger partial charge in [0.05, 0.1) is 24.4 Å². The van der Waals surface area contributed by atoms with Crippen molar-refractivity contribution < 1.29 is 9.53 Å². The Labute approximate surface area is 179 Å². The largest absolute Gasteiger partial charge is 0.496 e. The molecule has 3 aromatic rings. The van der Waals surface area contributed by atoms with Gasteiger partial charge in [-0.2, -0.15) is 0 Å². The van der Waals surface area contributed by atoms with Crippen LogP contribution in [0.25, 0.3) is 0 Å². The number of ether oxygens (including phenoxy) is 1. The van der Waals surface area contributed by atoms with E-state index in [1.54, 1.807) is 18.2 Å². The van der Waals surface area contributed by atoms with Gasteiger partial charge in [0.2, 0.25) is 0 Å². The molecular formula is C23H22ClN3O3. The van der Waals surface area contributed by atoms with Gasteiger partial charge in [0.25, 0.3) is 11.5 Å². The van der Waals surface area contributed by atoms with Crippen molar-refractivity contribution in [2.24, 2.45) is 0 Å². The summed E-state index contributed by atoms with van der Waals surface area (Å²) in [5.74, 6) is 1.19. The molecule has 0 unspecified atom stereocenters. The van der Waals surface area contributed by atoms with E-state index < -0.39 is 0 Å². The summed E-state index contributed by atoms with van der Waals surface area (Å²) in [6.07, 6.45) is 2.47. The molecule has 1 atom stereocenters. The maximum Gasteiger partial charge on any atom is 0.255 e. The Morgan fingerprint density at radius 2 is 2.00 bits per heavy atom. The third-order valence-corrected chi connectivity index (χ3v) is 5.34. The Balaban J connectivity index is 1.64. The summed E-state index contributed by atoms with van der Waals surface area (Å²) in [7, 11) is 1.51. The number of nitrogens with zero attached hydrogens (tertiary/aromatic N) is 1. The van der Waals surface area contributed by atoms with Crippen LogP contribution in [0.15, 0.2) is 59.4 Å². The predicted octanol–water partition coefficient (Wildman–Crippen LogP) is 4.02. The van der Waals surface area contributed by atoms with Gasteiger partial charge in [0, 0.05) is 23.4 Å². The number of halogens is 1. The Morgan fingerprint density at radius 1 is 1.23 bits per heavy atom. The highest BCUT2D eigenvalue weighted by Crippen LogP contribution is 2.37. The van der Waals surface area contributed by atoms with Crippen molar-refractivity contribution in [3.63, 3.8) is 0 Å². The summed E-state index contributed by atoms with van der Waals surface area (Å²) in [6.45, 7) is 0. The number of hydrogen-bond donors (Lipinski definition) is 2. The van der Waals surface area contributed by atoms with Crippen LogP contribution in [0.3, 0.4) is 0 Å². The normalized spacial score (nSPS) is 14.2. The van der Waals surface area contributed by atoms with Gasteiger partial charge >= 0.3 is 0 Å². The van der Waals surface area contributed by atoms with E-state index in [0.717, 1.165) is 24.2 Å². The van der Waals surface area contributed by atoms with Gasteiger partial charge < -0.3 is 15.0 Å². The number of aromatic nitrogens is 2. The van der Waals surface area contributed by atoms with E-state index in [1.807, 2.05) is 30.3 Å². The van der Waals surface area contributed by atoms with Gasteiger partial charge in [-0.3, -0.25) is 9.59 Å². The predicted molar refractivity (Wildman–Crippen MR) is 115 cm³/mol. The Hall–Kier alpha value is -3.12. The average Bonchev–Trinajstić information content (AvgIpc) is 3.59. The number of nitrogens with one attached hydrogen (secondary N) is 2. The molecule has 30 heavy (non-hydrogen) atoms. The molecule has 7 heteroatoms. The highest BCUT2D eigenvalue weighted by molar-refractivity contribution is 6.31. The fourth-order valence-electron chi connectivity index (χ4n) is 3.42. The lowest BCUT2D eigenvalue weighted by Crippen LogP contribution is -2.31. The fraction of sp³-hybridized carbons (Fsp3) is 0.261. The molecule has 154 valence electrons. The first-order chi connectivity index (χ1) is 14.5. The van der Waals surface area contributed by atoms with Crippen molar-refractivity contribution in [2.45, 2.75) is 31.2 Å². The smallest absolute Gasteiger partial charge is 0.255 e. The monoisotopic (exact) mass is 423 g/mol. The molecule has 2 aromatic carbocycles. The Kier molecular flexibility index (Phi) is 5.86. The van der Waals surface area contributed by atoms with Crippen LogP contribution in [0.4, 0.5) is 0 Å². The second kappa shape index (κ2) is 8.71. The number of aromatic amines is 1. The van der Waals surface area contributed by atoms with Gasteiger partial charge in [0.15, 0.2) is 0 Å². The van der Waals surface area contributed by atoms with Crippen LogP contribution in [-0.4, -0.2) is 23.0 Å². The lowest BCUT2D eigenvalue weighted by molar-refractivity contribution is 0.0933. The van der Waals surface area contributed by atoms with E-state index in [2.05, 4.69) is 15.3 Å². The number of H-pyrrole nitrogens is 1. The molecule has 0 aliphatic heterocycles. The Morgan fingerprint density at radius 3 is 2.70 bits per heavy atom. The van der Waals surface area contributed by atoms with E-state index >= 15 is 0 Å². The minimum atomic E-state index is -0.372. The number of hydrogen-bond acceptors (Lipinski definition) is 4. The van der Waals surface area contributed by atoms with Crippen molar-refractivity contribution >= 4 is 17.5 Å². The first-order valence-corrected chi connectivity index (χ1v) is 10.2. The van der Waals surface area contributed by atoms with Crippen molar-refractivity contribution in [3.05, 3.63) is 92.6 Å². The maximum absolute atomic E-state index is 13.1. The van der Waals surface area contributed by atoms with Crippen LogP contribution < -0.4 is 15.6 Å². The highest BCUT2D eigenvalue weighted by atomic mass is 35.5. The zero-order valence-electron chi connectivity index (χ0n) is 16.5. The van der Waals surface area contributed by atoms with Crippen molar-refractivity contribution in [3.8, 4) is 5.75 Å². The molecule has 1 aliphatic rings. The van der Waals surface area contributed by atoms with E-state index in [-0.39, 0.29) is 17.5 Å². The van der Waals surface area contributed by atoms with Crippen LogP contribution in [0.5, 0.6) is 5.75 Å². The van der Waals surface area contributed by atoms with Crippen molar-refractivity contribution in [1.29, 1.82) is 0 Å². The Bertz CT molecular complexity index is 1110. The molecule has 1 aromatic heterocycles. The summed E-state index contributed by atoms with van der Waals surface area (Å²) in [5, 5.41) is 3.50. The molecule has 0 spiro atoms. The molecule has 4 rings (SSSR count). The molecule has 1 fully saturated rings. The molecule has 1 aliphatic carbocycles. The number of benzene rings is 2. The first kappa shape index (κ1) is 20.2. The topological polar surface area (TPSA) is 84.1 Å². The number of carbonyl (C=O) groups is 1. The minimum absolute atomic E-state index is 0.170. The standard InChI is InChI=1S/C23H22ClN3O3/c1-30-20-10-9-16(24)11-18(20)23(29)26-19(14-5-3-2-4-6-14)12-17-13-21(28)27-22(25-17)15-7-8-15/h2-6,9-11,13,15,19H,7-8,12H2,1H3,(H,26,29)(H,25,27,28)/t19-/m1/s1. The number of amides is 1. The molecule has 0 bridgehead atoms.